The second-order valence-electron chi connectivity index (χ2n) is 3.08. The van der Waals surface area contributed by atoms with Gasteiger partial charge in [0.15, 0.2) is 0 Å². The predicted molar refractivity (Wildman–Crippen MR) is 55.0 cm³/mol. The van der Waals surface area contributed by atoms with Gasteiger partial charge in [0.1, 0.15) is 0 Å². The van der Waals surface area contributed by atoms with E-state index in [1.54, 1.807) is 13.1 Å². The van der Waals surface area contributed by atoms with Crippen molar-refractivity contribution in [2.24, 2.45) is 0 Å². The van der Waals surface area contributed by atoms with Crippen molar-refractivity contribution >= 4 is 11.4 Å². The fourth-order valence-electron chi connectivity index (χ4n) is 1.21. The van der Waals surface area contributed by atoms with Crippen LogP contribution in [0.25, 0.3) is 0 Å². The smallest absolute Gasteiger partial charge is 0.269 e. The number of nitrogen functional groups attached to an aromatic ring is 1. The Hall–Kier alpha value is -1.62. The zero-order valence-corrected chi connectivity index (χ0v) is 8.15. The van der Waals surface area contributed by atoms with E-state index < -0.39 is 4.92 Å². The SMILES string of the molecule is CN[C@@H](C)c1cc([N+](=O)[O-])ccc1N. The molecular formula is C9H13N3O2. The third-order valence-corrected chi connectivity index (χ3v) is 2.18. The van der Waals surface area contributed by atoms with E-state index in [4.69, 9.17) is 5.73 Å². The molecule has 1 aromatic carbocycles. The maximum absolute atomic E-state index is 10.5. The van der Waals surface area contributed by atoms with Crippen molar-refractivity contribution in [3.63, 3.8) is 0 Å². The molecule has 0 heterocycles. The highest BCUT2D eigenvalue weighted by Crippen LogP contribution is 2.24. The van der Waals surface area contributed by atoms with Gasteiger partial charge in [-0.05, 0) is 25.6 Å². The molecule has 0 aromatic heterocycles. The molecule has 14 heavy (non-hydrogen) atoms. The highest BCUT2D eigenvalue weighted by Gasteiger charge is 2.12. The first-order valence-electron chi connectivity index (χ1n) is 4.27. The molecule has 0 radical (unpaired) electrons. The molecule has 0 aliphatic rings. The largest absolute Gasteiger partial charge is 0.398 e. The lowest BCUT2D eigenvalue weighted by atomic mass is 10.1. The summed E-state index contributed by atoms with van der Waals surface area (Å²) in [7, 11) is 1.78. The second-order valence-corrected chi connectivity index (χ2v) is 3.08. The van der Waals surface area contributed by atoms with Crippen molar-refractivity contribution in [1.82, 2.24) is 5.32 Å². The van der Waals surface area contributed by atoms with Gasteiger partial charge in [-0.1, -0.05) is 0 Å². The first kappa shape index (κ1) is 10.5. The van der Waals surface area contributed by atoms with Crippen LogP contribution in [0.4, 0.5) is 11.4 Å². The van der Waals surface area contributed by atoms with Crippen molar-refractivity contribution in [2.75, 3.05) is 12.8 Å². The molecule has 76 valence electrons. The number of rotatable bonds is 3. The van der Waals surface area contributed by atoms with Gasteiger partial charge >= 0.3 is 0 Å². The van der Waals surface area contributed by atoms with E-state index in [-0.39, 0.29) is 11.7 Å². The molecule has 5 nitrogen and oxygen atoms in total. The van der Waals surface area contributed by atoms with E-state index in [1.807, 2.05) is 6.92 Å². The van der Waals surface area contributed by atoms with Crippen molar-refractivity contribution < 1.29 is 4.92 Å². The molecule has 1 rings (SSSR count). The van der Waals surface area contributed by atoms with E-state index >= 15 is 0 Å². The molecule has 0 unspecified atom stereocenters. The van der Waals surface area contributed by atoms with Crippen LogP contribution >= 0.6 is 0 Å². The fourth-order valence-corrected chi connectivity index (χ4v) is 1.21. The summed E-state index contributed by atoms with van der Waals surface area (Å²) in [5, 5.41) is 13.5. The Morgan fingerprint density at radius 1 is 1.57 bits per heavy atom. The Labute approximate surface area is 82.1 Å². The minimum absolute atomic E-state index is 0.00917. The molecule has 0 bridgehead atoms. The molecule has 0 amide bonds. The number of non-ortho nitro benzene ring substituents is 1. The van der Waals surface area contributed by atoms with Crippen LogP contribution in [0, 0.1) is 10.1 Å². The number of benzene rings is 1. The first-order chi connectivity index (χ1) is 6.56. The third-order valence-electron chi connectivity index (χ3n) is 2.18. The molecular weight excluding hydrogens is 182 g/mol. The lowest BCUT2D eigenvalue weighted by Gasteiger charge is -2.12. The highest BCUT2D eigenvalue weighted by atomic mass is 16.6. The predicted octanol–water partition coefficient (Wildman–Crippen LogP) is 1.46. The van der Waals surface area contributed by atoms with Gasteiger partial charge < -0.3 is 11.1 Å². The minimum atomic E-state index is -0.425. The lowest BCUT2D eigenvalue weighted by molar-refractivity contribution is -0.384. The van der Waals surface area contributed by atoms with Gasteiger partial charge in [-0.3, -0.25) is 10.1 Å². The first-order valence-corrected chi connectivity index (χ1v) is 4.27. The van der Waals surface area contributed by atoms with Gasteiger partial charge in [0, 0.05) is 23.9 Å². The number of nitrogens with one attached hydrogen (secondary N) is 1. The summed E-state index contributed by atoms with van der Waals surface area (Å²) < 4.78 is 0. The summed E-state index contributed by atoms with van der Waals surface area (Å²) in [4.78, 5) is 10.1. The van der Waals surface area contributed by atoms with E-state index in [2.05, 4.69) is 5.32 Å². The average molecular weight is 195 g/mol. The van der Waals surface area contributed by atoms with Crippen molar-refractivity contribution in [2.45, 2.75) is 13.0 Å². The monoisotopic (exact) mass is 195 g/mol. The summed E-state index contributed by atoms with van der Waals surface area (Å²) in [5.74, 6) is 0. The van der Waals surface area contributed by atoms with Gasteiger partial charge in [0.25, 0.3) is 5.69 Å². The molecule has 3 N–H and O–H groups in total. The molecule has 1 atom stereocenters. The summed E-state index contributed by atoms with van der Waals surface area (Å²) in [5.41, 5.74) is 7.09. The van der Waals surface area contributed by atoms with Crippen LogP contribution < -0.4 is 11.1 Å². The lowest BCUT2D eigenvalue weighted by Crippen LogP contribution is -2.14. The van der Waals surface area contributed by atoms with Gasteiger partial charge in [-0.2, -0.15) is 0 Å². The number of nitro groups is 1. The van der Waals surface area contributed by atoms with E-state index in [9.17, 15) is 10.1 Å². The average Bonchev–Trinajstić information content (AvgIpc) is 2.17. The maximum atomic E-state index is 10.5. The quantitative estimate of drug-likeness (QED) is 0.434. The summed E-state index contributed by atoms with van der Waals surface area (Å²) >= 11 is 0. The number of anilines is 1. The maximum Gasteiger partial charge on any atom is 0.269 e. The molecule has 1 aromatic rings. The van der Waals surface area contributed by atoms with E-state index in [0.717, 1.165) is 5.56 Å². The molecule has 0 saturated heterocycles. The molecule has 0 spiro atoms. The Morgan fingerprint density at radius 3 is 2.71 bits per heavy atom. The van der Waals surface area contributed by atoms with Crippen LogP contribution in [0.3, 0.4) is 0 Å². The van der Waals surface area contributed by atoms with Crippen molar-refractivity contribution in [1.29, 1.82) is 0 Å². The molecule has 5 heteroatoms. The summed E-state index contributed by atoms with van der Waals surface area (Å²) in [6.07, 6.45) is 0. The zero-order valence-electron chi connectivity index (χ0n) is 8.15. The van der Waals surface area contributed by atoms with Crippen LogP contribution in [0.15, 0.2) is 18.2 Å². The standard InChI is InChI=1S/C9H13N3O2/c1-6(11-2)8-5-7(12(13)14)3-4-9(8)10/h3-6,11H,10H2,1-2H3/t6-/m0/s1. The van der Waals surface area contributed by atoms with Crippen LogP contribution in [-0.2, 0) is 0 Å². The van der Waals surface area contributed by atoms with Crippen LogP contribution in [0.1, 0.15) is 18.5 Å². The highest BCUT2D eigenvalue weighted by molar-refractivity contribution is 5.53. The van der Waals surface area contributed by atoms with E-state index in [0.29, 0.717) is 5.69 Å². The number of hydrogen-bond donors (Lipinski definition) is 2. The Kier molecular flexibility index (Phi) is 3.03. The molecule has 0 aliphatic carbocycles. The minimum Gasteiger partial charge on any atom is -0.398 e. The third kappa shape index (κ3) is 2.00. The second kappa shape index (κ2) is 4.06. The molecule has 0 fully saturated rings. The number of nitrogens with two attached hydrogens (primary N) is 1. The van der Waals surface area contributed by atoms with E-state index in [1.165, 1.54) is 12.1 Å². The van der Waals surface area contributed by atoms with Gasteiger partial charge in [0.05, 0.1) is 4.92 Å². The van der Waals surface area contributed by atoms with Gasteiger partial charge in [-0.15, -0.1) is 0 Å². The van der Waals surface area contributed by atoms with Crippen molar-refractivity contribution in [3.8, 4) is 0 Å². The molecule has 0 aliphatic heterocycles. The van der Waals surface area contributed by atoms with Crippen LogP contribution in [0.5, 0.6) is 0 Å². The number of hydrogen-bond acceptors (Lipinski definition) is 4. The van der Waals surface area contributed by atoms with Crippen molar-refractivity contribution in [3.05, 3.63) is 33.9 Å². The van der Waals surface area contributed by atoms with Crippen LogP contribution in [-0.4, -0.2) is 12.0 Å². The molecule has 0 saturated carbocycles. The topological polar surface area (TPSA) is 81.2 Å². The summed E-state index contributed by atoms with van der Waals surface area (Å²) in [6, 6.07) is 4.47. The Balaban J connectivity index is 3.14. The van der Waals surface area contributed by atoms with Gasteiger partial charge in [0.2, 0.25) is 0 Å². The summed E-state index contributed by atoms with van der Waals surface area (Å²) in [6.45, 7) is 1.90. The van der Waals surface area contributed by atoms with Crippen LogP contribution in [0.2, 0.25) is 0 Å². The fraction of sp³-hybridized carbons (Fsp3) is 0.333. The Morgan fingerprint density at radius 2 is 2.21 bits per heavy atom. The van der Waals surface area contributed by atoms with Gasteiger partial charge in [-0.25, -0.2) is 0 Å². The number of nitrogens with zero attached hydrogens (tertiary/aromatic N) is 1. The normalized spacial score (nSPS) is 12.4. The number of nitro benzene ring substituents is 1. The Bertz CT molecular complexity index is 352. The zero-order chi connectivity index (χ0) is 10.7.